The average molecular weight is 420 g/mol. The van der Waals surface area contributed by atoms with E-state index in [4.69, 9.17) is 22.1 Å². The number of rotatable bonds is 6. The van der Waals surface area contributed by atoms with E-state index in [1.54, 1.807) is 6.07 Å². The molecule has 0 spiro atoms. The van der Waals surface area contributed by atoms with Gasteiger partial charge in [-0.1, -0.05) is 61.2 Å². The number of carbonyl (C=O) groups excluding carboxylic acids is 1. The van der Waals surface area contributed by atoms with Gasteiger partial charge in [0.15, 0.2) is 0 Å². The highest BCUT2D eigenvalue weighted by atomic mass is 35.5. The van der Waals surface area contributed by atoms with Gasteiger partial charge in [0.1, 0.15) is 12.4 Å². The predicted octanol–water partition coefficient (Wildman–Crippen LogP) is 6.73. The van der Waals surface area contributed by atoms with Crippen molar-refractivity contribution in [2.24, 2.45) is 5.73 Å². The van der Waals surface area contributed by atoms with Gasteiger partial charge in [0.2, 0.25) is 5.91 Å². The van der Waals surface area contributed by atoms with Crippen LogP contribution in [0.2, 0.25) is 5.02 Å². The average Bonchev–Trinajstić information content (AvgIpc) is 2.79. The van der Waals surface area contributed by atoms with Gasteiger partial charge >= 0.3 is 0 Å². The molecule has 0 heterocycles. The van der Waals surface area contributed by atoms with E-state index >= 15 is 0 Å². The van der Waals surface area contributed by atoms with E-state index in [-0.39, 0.29) is 0 Å². The number of halogens is 1. The van der Waals surface area contributed by atoms with Gasteiger partial charge in [-0.3, -0.25) is 4.79 Å². The first kappa shape index (κ1) is 20.5. The van der Waals surface area contributed by atoms with Crippen LogP contribution in [0.5, 0.6) is 5.75 Å². The molecule has 4 rings (SSSR count). The van der Waals surface area contributed by atoms with Crippen LogP contribution in [0.25, 0.3) is 11.1 Å². The standard InChI is InChI=1S/C26H26ClNO2/c27-23-11-6-20(7-12-23)25-15-10-21(26(28)29)16-22(25)17-30-24-13-8-19(9-14-24)18-4-2-1-3-5-18/h6-16,18H,1-5,17H2,(H2,28,29). The van der Waals surface area contributed by atoms with Crippen molar-refractivity contribution in [1.82, 2.24) is 0 Å². The van der Waals surface area contributed by atoms with Gasteiger partial charge in [0, 0.05) is 10.6 Å². The SMILES string of the molecule is NC(=O)c1ccc(-c2ccc(Cl)cc2)c(COc2ccc(C3CCCCC3)cc2)c1. The van der Waals surface area contributed by atoms with Crippen LogP contribution in [0.4, 0.5) is 0 Å². The number of benzene rings is 3. The van der Waals surface area contributed by atoms with Crippen molar-refractivity contribution in [2.45, 2.75) is 44.6 Å². The zero-order valence-electron chi connectivity index (χ0n) is 16.9. The molecule has 1 amide bonds. The van der Waals surface area contributed by atoms with Crippen molar-refractivity contribution in [3.05, 3.63) is 88.4 Å². The number of carbonyl (C=O) groups is 1. The maximum atomic E-state index is 11.7. The summed E-state index contributed by atoms with van der Waals surface area (Å²) in [4.78, 5) is 11.7. The highest BCUT2D eigenvalue weighted by Crippen LogP contribution is 2.33. The molecule has 3 aromatic carbocycles. The third kappa shape index (κ3) is 4.85. The molecule has 3 nitrogen and oxygen atoms in total. The Bertz CT molecular complexity index is 1010. The van der Waals surface area contributed by atoms with Gasteiger partial charge in [-0.05, 0) is 77.4 Å². The third-order valence-electron chi connectivity index (χ3n) is 5.90. The molecule has 1 aliphatic rings. The van der Waals surface area contributed by atoms with Gasteiger partial charge in [-0.15, -0.1) is 0 Å². The Balaban J connectivity index is 1.53. The van der Waals surface area contributed by atoms with Crippen LogP contribution in [0.15, 0.2) is 66.7 Å². The van der Waals surface area contributed by atoms with E-state index in [1.165, 1.54) is 37.7 Å². The molecule has 30 heavy (non-hydrogen) atoms. The number of nitrogens with two attached hydrogens (primary N) is 1. The summed E-state index contributed by atoms with van der Waals surface area (Å²) in [5.41, 5.74) is 10.3. The van der Waals surface area contributed by atoms with Crippen molar-refractivity contribution in [2.75, 3.05) is 0 Å². The molecule has 0 bridgehead atoms. The Morgan fingerprint density at radius 2 is 1.63 bits per heavy atom. The number of hydrogen-bond donors (Lipinski definition) is 1. The van der Waals surface area contributed by atoms with Crippen LogP contribution in [0.3, 0.4) is 0 Å². The van der Waals surface area contributed by atoms with Crippen molar-refractivity contribution < 1.29 is 9.53 Å². The van der Waals surface area contributed by atoms with Gasteiger partial charge in [0.05, 0.1) is 0 Å². The van der Waals surface area contributed by atoms with E-state index in [9.17, 15) is 4.79 Å². The van der Waals surface area contributed by atoms with E-state index in [1.807, 2.05) is 48.5 Å². The largest absolute Gasteiger partial charge is 0.489 e. The first-order valence-corrected chi connectivity index (χ1v) is 10.9. The Morgan fingerprint density at radius 1 is 0.933 bits per heavy atom. The lowest BCUT2D eigenvalue weighted by Gasteiger charge is -2.22. The zero-order chi connectivity index (χ0) is 20.9. The second-order valence-electron chi connectivity index (χ2n) is 7.94. The maximum Gasteiger partial charge on any atom is 0.248 e. The number of ether oxygens (including phenoxy) is 1. The van der Waals surface area contributed by atoms with Crippen molar-refractivity contribution in [3.8, 4) is 16.9 Å². The monoisotopic (exact) mass is 419 g/mol. The summed E-state index contributed by atoms with van der Waals surface area (Å²) in [5, 5.41) is 0.684. The van der Waals surface area contributed by atoms with Crippen LogP contribution in [-0.4, -0.2) is 5.91 Å². The molecular formula is C26H26ClNO2. The van der Waals surface area contributed by atoms with Gasteiger partial charge in [-0.25, -0.2) is 0 Å². The van der Waals surface area contributed by atoms with E-state index < -0.39 is 5.91 Å². The van der Waals surface area contributed by atoms with Crippen LogP contribution < -0.4 is 10.5 Å². The molecule has 0 unspecified atom stereocenters. The van der Waals surface area contributed by atoms with Gasteiger partial charge in [0.25, 0.3) is 0 Å². The lowest BCUT2D eigenvalue weighted by molar-refractivity contribution is 0.1000. The minimum Gasteiger partial charge on any atom is -0.489 e. The second-order valence-corrected chi connectivity index (χ2v) is 8.37. The van der Waals surface area contributed by atoms with Gasteiger partial charge < -0.3 is 10.5 Å². The first-order chi connectivity index (χ1) is 14.6. The summed E-state index contributed by atoms with van der Waals surface area (Å²) in [6.45, 7) is 0.349. The topological polar surface area (TPSA) is 52.3 Å². The molecule has 1 fully saturated rings. The molecule has 3 aromatic rings. The van der Waals surface area contributed by atoms with E-state index in [0.717, 1.165) is 22.4 Å². The molecule has 2 N–H and O–H groups in total. The predicted molar refractivity (Wildman–Crippen MR) is 122 cm³/mol. The Morgan fingerprint density at radius 3 is 2.30 bits per heavy atom. The summed E-state index contributed by atoms with van der Waals surface area (Å²) in [6, 6.07) is 21.6. The lowest BCUT2D eigenvalue weighted by atomic mass is 9.84. The fraction of sp³-hybridized carbons (Fsp3) is 0.269. The highest BCUT2D eigenvalue weighted by Gasteiger charge is 2.15. The van der Waals surface area contributed by atoms with Crippen LogP contribution >= 0.6 is 11.6 Å². The lowest BCUT2D eigenvalue weighted by Crippen LogP contribution is -2.12. The second kappa shape index (κ2) is 9.36. The Kier molecular flexibility index (Phi) is 6.39. The van der Waals surface area contributed by atoms with E-state index in [2.05, 4.69) is 12.1 Å². The van der Waals surface area contributed by atoms with Crippen molar-refractivity contribution in [3.63, 3.8) is 0 Å². The Hall–Kier alpha value is -2.78. The molecule has 4 heteroatoms. The summed E-state index contributed by atoms with van der Waals surface area (Å²) in [6.07, 6.45) is 6.58. The molecule has 154 valence electrons. The van der Waals surface area contributed by atoms with Crippen LogP contribution in [-0.2, 0) is 6.61 Å². The molecule has 0 aliphatic heterocycles. The van der Waals surface area contributed by atoms with Crippen LogP contribution in [0, 0.1) is 0 Å². The zero-order valence-corrected chi connectivity index (χ0v) is 17.7. The number of primary amides is 1. The molecule has 0 aromatic heterocycles. The summed E-state index contributed by atoms with van der Waals surface area (Å²) in [5.74, 6) is 1.05. The van der Waals surface area contributed by atoms with Crippen LogP contribution in [0.1, 0.15) is 59.5 Å². The normalized spacial score (nSPS) is 14.4. The van der Waals surface area contributed by atoms with Crippen molar-refractivity contribution >= 4 is 17.5 Å². The van der Waals surface area contributed by atoms with Crippen molar-refractivity contribution in [1.29, 1.82) is 0 Å². The number of hydrogen-bond acceptors (Lipinski definition) is 2. The fourth-order valence-electron chi connectivity index (χ4n) is 4.21. The first-order valence-electron chi connectivity index (χ1n) is 10.5. The molecular weight excluding hydrogens is 394 g/mol. The summed E-state index contributed by atoms with van der Waals surface area (Å²) in [7, 11) is 0. The quantitative estimate of drug-likeness (QED) is 0.481. The van der Waals surface area contributed by atoms with E-state index in [0.29, 0.717) is 23.1 Å². The molecule has 1 aliphatic carbocycles. The molecule has 0 atom stereocenters. The fourth-order valence-corrected chi connectivity index (χ4v) is 4.34. The highest BCUT2D eigenvalue weighted by molar-refractivity contribution is 6.30. The summed E-state index contributed by atoms with van der Waals surface area (Å²) >= 11 is 6.03. The molecule has 1 saturated carbocycles. The maximum absolute atomic E-state index is 11.7. The van der Waals surface area contributed by atoms with Gasteiger partial charge in [-0.2, -0.15) is 0 Å². The number of amides is 1. The molecule has 0 saturated heterocycles. The third-order valence-corrected chi connectivity index (χ3v) is 6.15. The minimum atomic E-state index is -0.448. The smallest absolute Gasteiger partial charge is 0.248 e. The Labute approximate surface area is 182 Å². The molecule has 0 radical (unpaired) electrons. The summed E-state index contributed by atoms with van der Waals surface area (Å²) < 4.78 is 6.08. The minimum absolute atomic E-state index is 0.349.